The fourth-order valence-corrected chi connectivity index (χ4v) is 2.06. The van der Waals surface area contributed by atoms with Crippen LogP contribution in [0.3, 0.4) is 0 Å². The maximum atomic E-state index is 11.0. The molecule has 1 aliphatic carbocycles. The summed E-state index contributed by atoms with van der Waals surface area (Å²) in [6.45, 7) is 4.55. The van der Waals surface area contributed by atoms with Crippen molar-refractivity contribution in [3.63, 3.8) is 0 Å². The predicted molar refractivity (Wildman–Crippen MR) is 60.6 cm³/mol. The van der Waals surface area contributed by atoms with E-state index in [4.69, 9.17) is 4.74 Å². The SMILES string of the molecule is CC(=O)O[C@@H]1C=C(C)CC[C@H]1CN(C)C. The first-order chi connectivity index (χ1) is 6.99. The van der Waals surface area contributed by atoms with E-state index in [9.17, 15) is 4.79 Å². The molecule has 0 heterocycles. The van der Waals surface area contributed by atoms with Crippen molar-refractivity contribution < 1.29 is 9.53 Å². The molecule has 2 atom stereocenters. The van der Waals surface area contributed by atoms with Crippen molar-refractivity contribution in [3.8, 4) is 0 Å². The van der Waals surface area contributed by atoms with Crippen LogP contribution < -0.4 is 0 Å². The summed E-state index contributed by atoms with van der Waals surface area (Å²) in [4.78, 5) is 13.1. The van der Waals surface area contributed by atoms with Gasteiger partial charge in [0.25, 0.3) is 0 Å². The quantitative estimate of drug-likeness (QED) is 0.527. The van der Waals surface area contributed by atoms with Gasteiger partial charge in [0.15, 0.2) is 0 Å². The Kier molecular flexibility index (Phi) is 4.33. The third-order valence-corrected chi connectivity index (χ3v) is 2.72. The Hall–Kier alpha value is -0.830. The largest absolute Gasteiger partial charge is 0.458 e. The van der Waals surface area contributed by atoms with E-state index in [0.29, 0.717) is 5.92 Å². The van der Waals surface area contributed by atoms with Crippen LogP contribution in [-0.4, -0.2) is 37.6 Å². The van der Waals surface area contributed by atoms with Crippen molar-refractivity contribution in [2.75, 3.05) is 20.6 Å². The first kappa shape index (κ1) is 12.2. The molecule has 0 aromatic heterocycles. The second-order valence-electron chi connectivity index (χ2n) is 4.65. The molecule has 0 unspecified atom stereocenters. The first-order valence-corrected chi connectivity index (χ1v) is 5.48. The summed E-state index contributed by atoms with van der Waals surface area (Å²) in [6, 6.07) is 0. The van der Waals surface area contributed by atoms with Gasteiger partial charge in [-0.3, -0.25) is 4.79 Å². The van der Waals surface area contributed by atoms with Crippen LogP contribution in [0.2, 0.25) is 0 Å². The van der Waals surface area contributed by atoms with Gasteiger partial charge in [0.1, 0.15) is 6.10 Å². The lowest BCUT2D eigenvalue weighted by molar-refractivity contribution is -0.147. The summed E-state index contributed by atoms with van der Waals surface area (Å²) in [5.74, 6) is 0.252. The summed E-state index contributed by atoms with van der Waals surface area (Å²) in [7, 11) is 4.10. The molecule has 0 radical (unpaired) electrons. The van der Waals surface area contributed by atoms with Crippen molar-refractivity contribution in [2.24, 2.45) is 5.92 Å². The summed E-state index contributed by atoms with van der Waals surface area (Å²) in [5, 5.41) is 0. The van der Waals surface area contributed by atoms with E-state index in [1.807, 2.05) is 0 Å². The highest BCUT2D eigenvalue weighted by Crippen LogP contribution is 2.26. The molecular formula is C12H21NO2. The Balaban J connectivity index is 2.64. The molecule has 15 heavy (non-hydrogen) atoms. The van der Waals surface area contributed by atoms with Crippen molar-refractivity contribution >= 4 is 5.97 Å². The highest BCUT2D eigenvalue weighted by Gasteiger charge is 2.26. The van der Waals surface area contributed by atoms with Gasteiger partial charge in [-0.15, -0.1) is 0 Å². The molecule has 0 aliphatic heterocycles. The Bertz CT molecular complexity index is 258. The van der Waals surface area contributed by atoms with Crippen LogP contribution in [0.25, 0.3) is 0 Å². The molecule has 3 nitrogen and oxygen atoms in total. The monoisotopic (exact) mass is 211 g/mol. The third-order valence-electron chi connectivity index (χ3n) is 2.72. The lowest BCUT2D eigenvalue weighted by Crippen LogP contribution is -2.34. The number of allylic oxidation sites excluding steroid dienone is 1. The minimum absolute atomic E-state index is 0.0290. The second kappa shape index (κ2) is 5.31. The van der Waals surface area contributed by atoms with Gasteiger partial charge in [0.2, 0.25) is 0 Å². The predicted octanol–water partition coefficient (Wildman–Crippen LogP) is 1.84. The minimum atomic E-state index is -0.185. The lowest BCUT2D eigenvalue weighted by atomic mass is 9.87. The molecule has 0 fully saturated rings. The number of hydrogen-bond acceptors (Lipinski definition) is 3. The van der Waals surface area contributed by atoms with Crippen LogP contribution in [0, 0.1) is 5.92 Å². The molecule has 1 rings (SSSR count). The maximum absolute atomic E-state index is 11.0. The average Bonchev–Trinajstić information content (AvgIpc) is 2.08. The van der Waals surface area contributed by atoms with Crippen molar-refractivity contribution in [1.82, 2.24) is 4.90 Å². The van der Waals surface area contributed by atoms with E-state index < -0.39 is 0 Å². The van der Waals surface area contributed by atoms with Gasteiger partial charge in [-0.2, -0.15) is 0 Å². The molecule has 86 valence electrons. The normalized spacial score (nSPS) is 26.3. The van der Waals surface area contributed by atoms with Crippen LogP contribution in [0.4, 0.5) is 0 Å². The maximum Gasteiger partial charge on any atom is 0.303 e. The van der Waals surface area contributed by atoms with Gasteiger partial charge in [-0.1, -0.05) is 5.57 Å². The molecular weight excluding hydrogens is 190 g/mol. The van der Waals surface area contributed by atoms with Crippen LogP contribution >= 0.6 is 0 Å². The zero-order chi connectivity index (χ0) is 11.4. The fraction of sp³-hybridized carbons (Fsp3) is 0.750. The van der Waals surface area contributed by atoms with Gasteiger partial charge in [0.05, 0.1) is 0 Å². The number of carbonyl (C=O) groups is 1. The molecule has 0 saturated carbocycles. The van der Waals surface area contributed by atoms with Crippen LogP contribution in [0.15, 0.2) is 11.6 Å². The third kappa shape index (κ3) is 4.04. The summed E-state index contributed by atoms with van der Waals surface area (Å²) in [5.41, 5.74) is 1.33. The highest BCUT2D eigenvalue weighted by atomic mass is 16.5. The van der Waals surface area contributed by atoms with E-state index in [1.54, 1.807) is 0 Å². The minimum Gasteiger partial charge on any atom is -0.458 e. The molecule has 0 aromatic carbocycles. The summed E-state index contributed by atoms with van der Waals surface area (Å²) in [6.07, 6.45) is 4.30. The average molecular weight is 211 g/mol. The Labute approximate surface area is 92.1 Å². The zero-order valence-corrected chi connectivity index (χ0v) is 10.1. The van der Waals surface area contributed by atoms with Gasteiger partial charge < -0.3 is 9.64 Å². The van der Waals surface area contributed by atoms with Crippen LogP contribution in [0.5, 0.6) is 0 Å². The van der Waals surface area contributed by atoms with E-state index in [-0.39, 0.29) is 12.1 Å². The van der Waals surface area contributed by atoms with E-state index in [1.165, 1.54) is 12.5 Å². The van der Waals surface area contributed by atoms with Crippen LogP contribution in [-0.2, 0) is 9.53 Å². The molecule has 1 aliphatic rings. The second-order valence-corrected chi connectivity index (χ2v) is 4.65. The molecule has 0 aromatic rings. The van der Waals surface area contributed by atoms with Crippen molar-refractivity contribution in [1.29, 1.82) is 0 Å². The van der Waals surface area contributed by atoms with Crippen LogP contribution in [0.1, 0.15) is 26.7 Å². The number of hydrogen-bond donors (Lipinski definition) is 0. The topological polar surface area (TPSA) is 29.5 Å². The summed E-state index contributed by atoms with van der Waals surface area (Å²) >= 11 is 0. The van der Waals surface area contributed by atoms with Gasteiger partial charge in [-0.25, -0.2) is 0 Å². The fourth-order valence-electron chi connectivity index (χ4n) is 2.06. The number of nitrogens with zero attached hydrogens (tertiary/aromatic N) is 1. The van der Waals surface area contributed by atoms with Crippen molar-refractivity contribution in [3.05, 3.63) is 11.6 Å². The Morgan fingerprint density at radius 2 is 2.27 bits per heavy atom. The van der Waals surface area contributed by atoms with E-state index in [2.05, 4.69) is 32.0 Å². The smallest absolute Gasteiger partial charge is 0.303 e. The van der Waals surface area contributed by atoms with E-state index >= 15 is 0 Å². The molecule has 0 bridgehead atoms. The van der Waals surface area contributed by atoms with E-state index in [0.717, 1.165) is 19.4 Å². The molecule has 0 N–H and O–H groups in total. The zero-order valence-electron chi connectivity index (χ0n) is 10.1. The molecule has 0 saturated heterocycles. The molecule has 0 spiro atoms. The Morgan fingerprint density at radius 3 is 2.80 bits per heavy atom. The van der Waals surface area contributed by atoms with Crippen molar-refractivity contribution in [2.45, 2.75) is 32.8 Å². The first-order valence-electron chi connectivity index (χ1n) is 5.48. The number of rotatable bonds is 3. The van der Waals surface area contributed by atoms with Gasteiger partial charge >= 0.3 is 5.97 Å². The summed E-state index contributed by atoms with van der Waals surface area (Å²) < 4.78 is 5.33. The molecule has 0 amide bonds. The molecule has 3 heteroatoms. The standard InChI is InChI=1S/C12H21NO2/c1-9-5-6-11(8-13(3)4)12(7-9)15-10(2)14/h7,11-12H,5-6,8H2,1-4H3/t11-,12+/m0/s1. The highest BCUT2D eigenvalue weighted by molar-refractivity contribution is 5.66. The number of esters is 1. The van der Waals surface area contributed by atoms with Gasteiger partial charge in [-0.05, 0) is 39.9 Å². The number of carbonyl (C=O) groups excluding carboxylic acids is 1. The lowest BCUT2D eigenvalue weighted by Gasteiger charge is -2.30. The number of ether oxygens (including phenoxy) is 1. The Morgan fingerprint density at radius 1 is 1.60 bits per heavy atom. The van der Waals surface area contributed by atoms with Gasteiger partial charge in [0, 0.05) is 19.4 Å².